The average molecular weight is 508 g/mol. The first-order valence-corrected chi connectivity index (χ1v) is 12.5. The van der Waals surface area contributed by atoms with Crippen LogP contribution in [0.1, 0.15) is 55.8 Å². The van der Waals surface area contributed by atoms with Crippen molar-refractivity contribution in [2.75, 3.05) is 13.2 Å². The molecule has 8 heteroatoms. The van der Waals surface area contributed by atoms with Crippen LogP contribution in [0.4, 0.5) is 0 Å². The fourth-order valence-electron chi connectivity index (χ4n) is 4.44. The van der Waals surface area contributed by atoms with Gasteiger partial charge in [0.1, 0.15) is 11.5 Å². The van der Waals surface area contributed by atoms with Gasteiger partial charge < -0.3 is 19.3 Å². The van der Waals surface area contributed by atoms with Crippen molar-refractivity contribution in [2.45, 2.75) is 45.7 Å². The molecule has 0 aliphatic carbocycles. The zero-order valence-corrected chi connectivity index (χ0v) is 21.4. The predicted molar refractivity (Wildman–Crippen MR) is 139 cm³/mol. The van der Waals surface area contributed by atoms with Crippen molar-refractivity contribution in [2.24, 2.45) is 0 Å². The Balaban J connectivity index is 1.74. The summed E-state index contributed by atoms with van der Waals surface area (Å²) in [7, 11) is 0. The number of aliphatic hydroxyl groups is 1. The summed E-state index contributed by atoms with van der Waals surface area (Å²) < 4.78 is 7.40. The van der Waals surface area contributed by atoms with Gasteiger partial charge in [0.05, 0.1) is 29.6 Å². The standard InChI is InChI=1S/C28H30ClN3O4/c1-4-36-23-11-10-21(16-22(23)29)26(33)24-25(20-8-6-19(7-9-20)18(2)3)32(28(35)27(24)34)14-5-13-31-15-12-30-17-31/h6-12,15-18,25,33H,4-5,13-14H2,1-3H3/b26-24+/t25-/m1/s1. The van der Waals surface area contributed by atoms with E-state index in [1.54, 1.807) is 35.6 Å². The third kappa shape index (κ3) is 5.16. The fourth-order valence-corrected chi connectivity index (χ4v) is 4.67. The molecular formula is C28H30ClN3O4. The molecule has 3 aromatic rings. The molecule has 1 N–H and O–H groups in total. The van der Waals surface area contributed by atoms with Crippen LogP contribution in [-0.2, 0) is 16.1 Å². The topological polar surface area (TPSA) is 84.7 Å². The van der Waals surface area contributed by atoms with Gasteiger partial charge in [-0.05, 0) is 48.6 Å². The number of hydrogen-bond acceptors (Lipinski definition) is 5. The maximum atomic E-state index is 13.3. The number of ether oxygens (including phenoxy) is 1. The van der Waals surface area contributed by atoms with Gasteiger partial charge in [-0.2, -0.15) is 0 Å². The van der Waals surface area contributed by atoms with E-state index in [0.717, 1.165) is 11.1 Å². The minimum Gasteiger partial charge on any atom is -0.507 e. The smallest absolute Gasteiger partial charge is 0.295 e. The SMILES string of the molecule is CCOc1ccc(/C(O)=C2\C(=O)C(=O)N(CCCn3ccnc3)[C@@H]2c2ccc(C(C)C)cc2)cc1Cl. The number of carbonyl (C=O) groups is 2. The first-order valence-electron chi connectivity index (χ1n) is 12.1. The number of aromatic nitrogens is 2. The number of ketones is 1. The lowest BCUT2D eigenvalue weighted by Crippen LogP contribution is -2.31. The predicted octanol–water partition coefficient (Wildman–Crippen LogP) is 5.57. The Morgan fingerprint density at radius 1 is 1.14 bits per heavy atom. The third-order valence-corrected chi connectivity index (χ3v) is 6.63. The Morgan fingerprint density at radius 2 is 1.89 bits per heavy atom. The van der Waals surface area contributed by atoms with E-state index in [4.69, 9.17) is 16.3 Å². The molecule has 0 radical (unpaired) electrons. The monoisotopic (exact) mass is 507 g/mol. The number of amides is 1. The van der Waals surface area contributed by atoms with Crippen LogP contribution in [0.15, 0.2) is 66.8 Å². The minimum absolute atomic E-state index is 0.0557. The summed E-state index contributed by atoms with van der Waals surface area (Å²) in [6.45, 7) is 7.50. The van der Waals surface area contributed by atoms with E-state index in [1.807, 2.05) is 42.0 Å². The second-order valence-electron chi connectivity index (χ2n) is 9.05. The summed E-state index contributed by atoms with van der Waals surface area (Å²) in [6, 6.07) is 12.0. The first-order chi connectivity index (χ1) is 17.3. The summed E-state index contributed by atoms with van der Waals surface area (Å²) in [5.41, 5.74) is 2.32. The van der Waals surface area contributed by atoms with Crippen LogP contribution < -0.4 is 4.74 Å². The van der Waals surface area contributed by atoms with E-state index in [-0.39, 0.29) is 11.3 Å². The second kappa shape index (κ2) is 11.0. The molecule has 2 aromatic carbocycles. The highest BCUT2D eigenvalue weighted by molar-refractivity contribution is 6.46. The van der Waals surface area contributed by atoms with Gasteiger partial charge in [-0.25, -0.2) is 4.98 Å². The first kappa shape index (κ1) is 25.5. The maximum Gasteiger partial charge on any atom is 0.295 e. The molecule has 36 heavy (non-hydrogen) atoms. The molecule has 1 atom stereocenters. The zero-order valence-electron chi connectivity index (χ0n) is 20.6. The quantitative estimate of drug-likeness (QED) is 0.232. The molecule has 1 aliphatic rings. The van der Waals surface area contributed by atoms with Crippen molar-refractivity contribution in [1.29, 1.82) is 0 Å². The van der Waals surface area contributed by atoms with Gasteiger partial charge in [0.2, 0.25) is 0 Å². The van der Waals surface area contributed by atoms with E-state index in [0.29, 0.717) is 48.4 Å². The van der Waals surface area contributed by atoms with Crippen LogP contribution >= 0.6 is 11.6 Å². The number of aryl methyl sites for hydroxylation is 1. The van der Waals surface area contributed by atoms with E-state index in [2.05, 4.69) is 18.8 Å². The molecule has 0 spiro atoms. The number of nitrogens with zero attached hydrogens (tertiary/aromatic N) is 3. The fraction of sp³-hybridized carbons (Fsp3) is 0.321. The van der Waals surface area contributed by atoms with Gasteiger partial charge >= 0.3 is 0 Å². The van der Waals surface area contributed by atoms with Crippen molar-refractivity contribution in [1.82, 2.24) is 14.5 Å². The lowest BCUT2D eigenvalue weighted by Gasteiger charge is -2.26. The van der Waals surface area contributed by atoms with E-state index in [9.17, 15) is 14.7 Å². The highest BCUT2D eigenvalue weighted by Crippen LogP contribution is 2.40. The largest absolute Gasteiger partial charge is 0.507 e. The Labute approximate surface area is 216 Å². The number of hydrogen-bond donors (Lipinski definition) is 1. The minimum atomic E-state index is -0.710. The van der Waals surface area contributed by atoms with E-state index in [1.165, 1.54) is 0 Å². The normalized spacial score (nSPS) is 17.2. The van der Waals surface area contributed by atoms with Gasteiger partial charge in [0, 0.05) is 31.0 Å². The molecular weight excluding hydrogens is 478 g/mol. The molecule has 1 amide bonds. The number of imidazole rings is 1. The summed E-state index contributed by atoms with van der Waals surface area (Å²) in [5, 5.41) is 11.6. The van der Waals surface area contributed by atoms with Crippen molar-refractivity contribution in [3.63, 3.8) is 0 Å². The Bertz CT molecular complexity index is 1270. The number of rotatable bonds is 9. The Hall–Kier alpha value is -3.58. The van der Waals surface area contributed by atoms with Crippen LogP contribution in [0, 0.1) is 0 Å². The summed E-state index contributed by atoms with van der Waals surface area (Å²) in [6.07, 6.45) is 5.89. The van der Waals surface area contributed by atoms with Gasteiger partial charge in [0.15, 0.2) is 0 Å². The van der Waals surface area contributed by atoms with Gasteiger partial charge in [-0.3, -0.25) is 9.59 Å². The molecule has 0 unspecified atom stereocenters. The average Bonchev–Trinajstić information content (AvgIpc) is 3.47. The molecule has 2 heterocycles. The number of carbonyl (C=O) groups excluding carboxylic acids is 2. The lowest BCUT2D eigenvalue weighted by atomic mass is 9.93. The summed E-state index contributed by atoms with van der Waals surface area (Å²) >= 11 is 6.34. The Kier molecular flexibility index (Phi) is 7.79. The van der Waals surface area contributed by atoms with Crippen LogP contribution in [0.25, 0.3) is 5.76 Å². The highest BCUT2D eigenvalue weighted by Gasteiger charge is 2.45. The number of aliphatic hydroxyl groups excluding tert-OH is 1. The molecule has 0 bridgehead atoms. The number of likely N-dealkylation sites (tertiary alicyclic amines) is 1. The van der Waals surface area contributed by atoms with E-state index >= 15 is 0 Å². The van der Waals surface area contributed by atoms with Crippen LogP contribution in [0.3, 0.4) is 0 Å². The van der Waals surface area contributed by atoms with Crippen molar-refractivity contribution in [3.05, 3.63) is 88.5 Å². The van der Waals surface area contributed by atoms with Gasteiger partial charge in [-0.15, -0.1) is 0 Å². The van der Waals surface area contributed by atoms with Crippen LogP contribution in [0.5, 0.6) is 5.75 Å². The molecule has 1 fully saturated rings. The third-order valence-electron chi connectivity index (χ3n) is 6.34. The molecule has 188 valence electrons. The maximum absolute atomic E-state index is 13.3. The molecule has 1 aliphatic heterocycles. The molecule has 1 saturated heterocycles. The van der Waals surface area contributed by atoms with Crippen LogP contribution in [0.2, 0.25) is 5.02 Å². The molecule has 7 nitrogen and oxygen atoms in total. The van der Waals surface area contributed by atoms with Gasteiger partial charge in [-0.1, -0.05) is 49.7 Å². The molecule has 4 rings (SSSR count). The van der Waals surface area contributed by atoms with Crippen molar-refractivity contribution >= 4 is 29.1 Å². The van der Waals surface area contributed by atoms with Gasteiger partial charge in [0.25, 0.3) is 11.7 Å². The molecule has 0 saturated carbocycles. The Morgan fingerprint density at radius 3 is 2.50 bits per heavy atom. The number of Topliss-reactive ketones (excluding diaryl/α,β-unsaturated/α-hetero) is 1. The summed E-state index contributed by atoms with van der Waals surface area (Å²) in [5.74, 6) is -0.772. The molecule has 1 aromatic heterocycles. The lowest BCUT2D eigenvalue weighted by molar-refractivity contribution is -0.139. The van der Waals surface area contributed by atoms with Crippen LogP contribution in [-0.4, -0.2) is 44.4 Å². The highest BCUT2D eigenvalue weighted by atomic mass is 35.5. The van der Waals surface area contributed by atoms with Crippen molar-refractivity contribution < 1.29 is 19.4 Å². The summed E-state index contributed by atoms with van der Waals surface area (Å²) in [4.78, 5) is 32.0. The second-order valence-corrected chi connectivity index (χ2v) is 9.45. The van der Waals surface area contributed by atoms with Crippen molar-refractivity contribution in [3.8, 4) is 5.75 Å². The van der Waals surface area contributed by atoms with E-state index < -0.39 is 17.7 Å². The zero-order chi connectivity index (χ0) is 25.8. The number of halogens is 1. The number of benzene rings is 2.